The van der Waals surface area contributed by atoms with E-state index in [9.17, 15) is 0 Å². The highest BCUT2D eigenvalue weighted by molar-refractivity contribution is 6.89. The van der Waals surface area contributed by atoms with Crippen molar-refractivity contribution in [2.75, 3.05) is 0 Å². The summed E-state index contributed by atoms with van der Waals surface area (Å²) in [5, 5.41) is 1.49. The van der Waals surface area contributed by atoms with Gasteiger partial charge in [-0.1, -0.05) is 51.7 Å². The number of hydrogen-bond donors (Lipinski definition) is 0. The van der Waals surface area contributed by atoms with Gasteiger partial charge in [-0.15, -0.1) is 0 Å². The molecule has 0 amide bonds. The number of rotatable bonds is 5. The van der Waals surface area contributed by atoms with E-state index in [4.69, 9.17) is 0 Å². The summed E-state index contributed by atoms with van der Waals surface area (Å²) in [6, 6.07) is 2.24. The molecule has 0 N–H and O–H groups in total. The van der Waals surface area contributed by atoms with Crippen molar-refractivity contribution >= 4 is 18.8 Å². The molecule has 0 fully saturated rings. The summed E-state index contributed by atoms with van der Waals surface area (Å²) in [5.74, 6) is 0. The van der Waals surface area contributed by atoms with Crippen molar-refractivity contribution in [3.05, 3.63) is 42.3 Å². The van der Waals surface area contributed by atoms with Crippen molar-refractivity contribution in [3.8, 4) is 0 Å². The Labute approximate surface area is 113 Å². The van der Waals surface area contributed by atoms with Crippen molar-refractivity contribution < 1.29 is 0 Å². The molecule has 0 atom stereocenters. The minimum atomic E-state index is -1.30. The molecule has 1 rings (SSSR count). The maximum Gasteiger partial charge on any atom is 0.0799 e. The second kappa shape index (κ2) is 6.14. The standard InChI is InChI=1S/C16H25NSi/c1-7-9-13(3)15-11-14(10-8-2)16(12-17-15)18(4,5)6/h7,9,11-12H,3,8,10H2,1-2,4-6H3/b9-7-. The zero-order valence-corrected chi connectivity index (χ0v) is 13.4. The predicted molar refractivity (Wildman–Crippen MR) is 85.1 cm³/mol. The van der Waals surface area contributed by atoms with Crippen LogP contribution >= 0.6 is 0 Å². The first-order valence-corrected chi connectivity index (χ1v) is 10.2. The van der Waals surface area contributed by atoms with Crippen LogP contribution in [0, 0.1) is 0 Å². The molecule has 0 spiro atoms. The van der Waals surface area contributed by atoms with Gasteiger partial charge in [-0.2, -0.15) is 0 Å². The van der Waals surface area contributed by atoms with Gasteiger partial charge in [-0.3, -0.25) is 4.98 Å². The number of nitrogens with zero attached hydrogens (tertiary/aromatic N) is 1. The van der Waals surface area contributed by atoms with Crippen molar-refractivity contribution in [1.29, 1.82) is 0 Å². The van der Waals surface area contributed by atoms with E-state index in [0.29, 0.717) is 0 Å². The molecule has 18 heavy (non-hydrogen) atoms. The number of aryl methyl sites for hydroxylation is 1. The lowest BCUT2D eigenvalue weighted by atomic mass is 10.1. The monoisotopic (exact) mass is 259 g/mol. The topological polar surface area (TPSA) is 12.9 Å². The van der Waals surface area contributed by atoms with E-state index in [2.05, 4.69) is 50.4 Å². The summed E-state index contributed by atoms with van der Waals surface area (Å²) in [5.41, 5.74) is 3.47. The summed E-state index contributed by atoms with van der Waals surface area (Å²) >= 11 is 0. The van der Waals surface area contributed by atoms with Crippen molar-refractivity contribution in [3.63, 3.8) is 0 Å². The summed E-state index contributed by atoms with van der Waals surface area (Å²) in [7, 11) is -1.30. The first-order valence-electron chi connectivity index (χ1n) is 6.71. The van der Waals surface area contributed by atoms with Gasteiger partial charge >= 0.3 is 0 Å². The van der Waals surface area contributed by atoms with E-state index in [1.54, 1.807) is 0 Å². The fourth-order valence-electron chi connectivity index (χ4n) is 2.11. The van der Waals surface area contributed by atoms with Crippen LogP contribution in [0.3, 0.4) is 0 Å². The van der Waals surface area contributed by atoms with Gasteiger partial charge in [0.25, 0.3) is 0 Å². The van der Waals surface area contributed by atoms with Crippen LogP contribution in [0.5, 0.6) is 0 Å². The second-order valence-electron chi connectivity index (χ2n) is 5.75. The highest BCUT2D eigenvalue weighted by Crippen LogP contribution is 2.15. The molecule has 0 bridgehead atoms. The van der Waals surface area contributed by atoms with Crippen LogP contribution in [0.15, 0.2) is 31.0 Å². The summed E-state index contributed by atoms with van der Waals surface area (Å²) in [6.07, 6.45) is 8.43. The molecular weight excluding hydrogens is 234 g/mol. The molecule has 1 nitrogen and oxygen atoms in total. The van der Waals surface area contributed by atoms with E-state index >= 15 is 0 Å². The Hall–Kier alpha value is -1.15. The first-order chi connectivity index (χ1) is 8.40. The zero-order chi connectivity index (χ0) is 13.8. The van der Waals surface area contributed by atoms with Gasteiger partial charge in [0.1, 0.15) is 0 Å². The molecule has 1 heterocycles. The maximum atomic E-state index is 4.59. The van der Waals surface area contributed by atoms with E-state index < -0.39 is 8.07 Å². The normalized spacial score (nSPS) is 12.1. The molecule has 0 aromatic carbocycles. The lowest BCUT2D eigenvalue weighted by Gasteiger charge is -2.21. The summed E-state index contributed by atoms with van der Waals surface area (Å²) < 4.78 is 0. The minimum absolute atomic E-state index is 0.997. The Morgan fingerprint density at radius 3 is 2.56 bits per heavy atom. The van der Waals surface area contributed by atoms with Gasteiger partial charge < -0.3 is 0 Å². The van der Waals surface area contributed by atoms with Gasteiger partial charge in [0.2, 0.25) is 0 Å². The van der Waals surface area contributed by atoms with Crippen molar-refractivity contribution in [2.45, 2.75) is 46.3 Å². The van der Waals surface area contributed by atoms with E-state index in [-0.39, 0.29) is 0 Å². The Balaban J connectivity index is 3.23. The molecule has 98 valence electrons. The number of hydrogen-bond acceptors (Lipinski definition) is 1. The predicted octanol–water partition coefficient (Wildman–Crippen LogP) is 4.17. The smallest absolute Gasteiger partial charge is 0.0799 e. The first kappa shape index (κ1) is 14.9. The SMILES string of the molecule is C=C(/C=C\C)c1cc(CCC)c([Si](C)(C)C)cn1. The Morgan fingerprint density at radius 2 is 2.06 bits per heavy atom. The van der Waals surface area contributed by atoms with Crippen LogP contribution in [0.1, 0.15) is 31.5 Å². The largest absolute Gasteiger partial charge is 0.256 e. The van der Waals surface area contributed by atoms with E-state index in [0.717, 1.165) is 17.7 Å². The number of aromatic nitrogens is 1. The van der Waals surface area contributed by atoms with Gasteiger partial charge in [-0.25, -0.2) is 0 Å². The van der Waals surface area contributed by atoms with Crippen LogP contribution in [-0.2, 0) is 6.42 Å². The zero-order valence-electron chi connectivity index (χ0n) is 12.4. The quantitative estimate of drug-likeness (QED) is 0.571. The molecule has 0 aliphatic heterocycles. The van der Waals surface area contributed by atoms with Gasteiger partial charge in [0.15, 0.2) is 0 Å². The number of allylic oxidation sites excluding steroid dienone is 3. The third-order valence-electron chi connectivity index (χ3n) is 3.01. The van der Waals surface area contributed by atoms with E-state index in [1.165, 1.54) is 17.2 Å². The molecule has 1 aromatic rings. The number of pyridine rings is 1. The second-order valence-corrected chi connectivity index (χ2v) is 10.8. The highest BCUT2D eigenvalue weighted by Gasteiger charge is 2.20. The van der Waals surface area contributed by atoms with Crippen molar-refractivity contribution in [2.24, 2.45) is 0 Å². The van der Waals surface area contributed by atoms with Crippen LogP contribution < -0.4 is 5.19 Å². The molecule has 0 saturated heterocycles. The van der Waals surface area contributed by atoms with Gasteiger partial charge in [0.05, 0.1) is 13.8 Å². The van der Waals surface area contributed by atoms with Crippen LogP contribution in [0.4, 0.5) is 0 Å². The molecule has 1 aromatic heterocycles. The fraction of sp³-hybridized carbons (Fsp3) is 0.438. The summed E-state index contributed by atoms with van der Waals surface area (Å²) in [4.78, 5) is 4.59. The minimum Gasteiger partial charge on any atom is -0.256 e. The van der Waals surface area contributed by atoms with Gasteiger partial charge in [-0.05, 0) is 35.7 Å². The lowest BCUT2D eigenvalue weighted by Crippen LogP contribution is -2.40. The lowest BCUT2D eigenvalue weighted by molar-refractivity contribution is 0.922. The molecular formula is C16H25NSi. The molecule has 0 saturated carbocycles. The highest BCUT2D eigenvalue weighted by atomic mass is 28.3. The molecule has 0 unspecified atom stereocenters. The molecule has 0 aliphatic carbocycles. The third-order valence-corrected chi connectivity index (χ3v) is 5.08. The van der Waals surface area contributed by atoms with Crippen molar-refractivity contribution in [1.82, 2.24) is 4.98 Å². The Kier molecular flexibility index (Phi) is 5.09. The van der Waals surface area contributed by atoms with Crippen LogP contribution in [0.2, 0.25) is 19.6 Å². The molecule has 0 aliphatic rings. The average Bonchev–Trinajstić information content (AvgIpc) is 2.28. The molecule has 0 radical (unpaired) electrons. The average molecular weight is 259 g/mol. The Morgan fingerprint density at radius 1 is 1.39 bits per heavy atom. The van der Waals surface area contributed by atoms with E-state index in [1.807, 2.05) is 19.1 Å². The summed E-state index contributed by atoms with van der Waals surface area (Å²) in [6.45, 7) is 15.4. The maximum absolute atomic E-state index is 4.59. The van der Waals surface area contributed by atoms with Gasteiger partial charge in [0, 0.05) is 6.20 Å². The molecule has 2 heteroatoms. The Bertz CT molecular complexity index is 453. The van der Waals surface area contributed by atoms with Crippen LogP contribution in [-0.4, -0.2) is 13.1 Å². The van der Waals surface area contributed by atoms with Crippen LogP contribution in [0.25, 0.3) is 5.57 Å². The fourth-order valence-corrected chi connectivity index (χ4v) is 3.72. The third kappa shape index (κ3) is 3.67.